The average molecular weight is 418 g/mol. The Kier molecular flexibility index (Phi) is 7.61. The van der Waals surface area contributed by atoms with E-state index < -0.39 is 0 Å². The molecule has 0 spiro atoms. The number of anilines is 1. The molecule has 0 saturated carbocycles. The molecular formula is C26H28FN3O. The molecule has 0 aliphatic heterocycles. The number of hydrogen-bond acceptors (Lipinski definition) is 4. The summed E-state index contributed by atoms with van der Waals surface area (Å²) < 4.78 is 19.2. The van der Waals surface area contributed by atoms with Crippen LogP contribution in [0.15, 0.2) is 48.5 Å². The van der Waals surface area contributed by atoms with Crippen molar-refractivity contribution in [1.82, 2.24) is 4.98 Å². The Bertz CT molecular complexity index is 1050. The molecular weight excluding hydrogens is 389 g/mol. The fourth-order valence-electron chi connectivity index (χ4n) is 3.67. The molecule has 31 heavy (non-hydrogen) atoms. The third kappa shape index (κ3) is 5.40. The highest BCUT2D eigenvalue weighted by atomic mass is 19.1. The van der Waals surface area contributed by atoms with Crippen molar-refractivity contribution in [2.24, 2.45) is 0 Å². The first-order valence-electron chi connectivity index (χ1n) is 10.7. The third-order valence-corrected chi connectivity index (χ3v) is 5.36. The number of halogens is 1. The van der Waals surface area contributed by atoms with Gasteiger partial charge < -0.3 is 10.5 Å². The Morgan fingerprint density at radius 3 is 2.26 bits per heavy atom. The van der Waals surface area contributed by atoms with Crippen molar-refractivity contribution in [3.63, 3.8) is 0 Å². The lowest BCUT2D eigenvalue weighted by atomic mass is 9.93. The van der Waals surface area contributed by atoms with Crippen molar-refractivity contribution in [2.75, 3.05) is 12.3 Å². The summed E-state index contributed by atoms with van der Waals surface area (Å²) in [6, 6.07) is 16.0. The molecule has 0 fully saturated rings. The molecule has 3 rings (SSSR count). The number of nitrogens with zero attached hydrogens (tertiary/aromatic N) is 2. The first-order chi connectivity index (χ1) is 15.0. The number of pyridine rings is 1. The van der Waals surface area contributed by atoms with Gasteiger partial charge in [0, 0.05) is 11.1 Å². The number of nitriles is 1. The van der Waals surface area contributed by atoms with Gasteiger partial charge in [-0.25, -0.2) is 9.37 Å². The van der Waals surface area contributed by atoms with Crippen LogP contribution in [0.1, 0.15) is 50.2 Å². The highest BCUT2D eigenvalue weighted by Gasteiger charge is 2.18. The second-order valence-corrected chi connectivity index (χ2v) is 7.63. The van der Waals surface area contributed by atoms with E-state index in [0.29, 0.717) is 17.9 Å². The number of ether oxygens (including phenoxy) is 1. The van der Waals surface area contributed by atoms with Crippen LogP contribution in [0.3, 0.4) is 0 Å². The molecule has 0 radical (unpaired) electrons. The molecule has 0 aliphatic carbocycles. The smallest absolute Gasteiger partial charge is 0.142 e. The Morgan fingerprint density at radius 1 is 0.968 bits per heavy atom. The second kappa shape index (κ2) is 10.6. The molecule has 0 atom stereocenters. The van der Waals surface area contributed by atoms with Crippen LogP contribution in [-0.2, 0) is 0 Å². The van der Waals surface area contributed by atoms with Crippen molar-refractivity contribution >= 4 is 5.82 Å². The van der Waals surface area contributed by atoms with Crippen molar-refractivity contribution in [3.05, 3.63) is 65.5 Å². The predicted octanol–water partition coefficient (Wildman–Crippen LogP) is 6.67. The van der Waals surface area contributed by atoms with Gasteiger partial charge in [-0.2, -0.15) is 5.26 Å². The number of hydrogen-bond donors (Lipinski definition) is 1. The fraction of sp³-hybridized carbons (Fsp3) is 0.308. The van der Waals surface area contributed by atoms with Crippen molar-refractivity contribution in [2.45, 2.75) is 46.0 Å². The van der Waals surface area contributed by atoms with Gasteiger partial charge in [0.05, 0.1) is 12.3 Å². The number of benzene rings is 2. The number of aromatic nitrogens is 1. The standard InChI is InChI=1S/C26H28FN3O/c1-3-4-5-6-7-16-31-22-14-10-19(11-15-22)24-18(2)25(30-26(29)23(24)17-28)20-8-12-21(27)13-9-20/h8-15H,3-7,16H2,1-2H3,(H2,29,30). The number of rotatable bonds is 9. The van der Waals surface area contributed by atoms with Crippen LogP contribution in [0.25, 0.3) is 22.4 Å². The summed E-state index contributed by atoms with van der Waals surface area (Å²) in [4.78, 5) is 4.43. The Balaban J connectivity index is 1.86. The van der Waals surface area contributed by atoms with Gasteiger partial charge in [0.1, 0.15) is 29.0 Å². The van der Waals surface area contributed by atoms with Crippen LogP contribution in [0.4, 0.5) is 10.2 Å². The summed E-state index contributed by atoms with van der Waals surface area (Å²) in [5, 5.41) is 9.70. The van der Waals surface area contributed by atoms with E-state index in [4.69, 9.17) is 10.5 Å². The zero-order valence-corrected chi connectivity index (χ0v) is 18.1. The lowest BCUT2D eigenvalue weighted by Gasteiger charge is -2.15. The molecule has 0 amide bonds. The minimum absolute atomic E-state index is 0.162. The molecule has 5 heteroatoms. The molecule has 4 nitrogen and oxygen atoms in total. The van der Waals surface area contributed by atoms with Crippen molar-refractivity contribution in [3.8, 4) is 34.2 Å². The Hall–Kier alpha value is -3.39. The van der Waals surface area contributed by atoms with Gasteiger partial charge >= 0.3 is 0 Å². The Morgan fingerprint density at radius 2 is 1.61 bits per heavy atom. The minimum atomic E-state index is -0.316. The summed E-state index contributed by atoms with van der Waals surface area (Å²) in [5.74, 6) is 0.648. The van der Waals surface area contributed by atoms with Gasteiger partial charge in [0.15, 0.2) is 0 Å². The number of nitrogen functional groups attached to an aromatic ring is 1. The van der Waals surface area contributed by atoms with Gasteiger partial charge in [0.2, 0.25) is 0 Å². The highest BCUT2D eigenvalue weighted by Crippen LogP contribution is 2.36. The minimum Gasteiger partial charge on any atom is -0.494 e. The lowest BCUT2D eigenvalue weighted by Crippen LogP contribution is -2.03. The quantitative estimate of drug-likeness (QED) is 0.395. The maximum atomic E-state index is 13.3. The van der Waals surface area contributed by atoms with Gasteiger partial charge in [-0.3, -0.25) is 0 Å². The Labute approximate surface area is 183 Å². The van der Waals surface area contributed by atoms with E-state index in [1.54, 1.807) is 12.1 Å². The van der Waals surface area contributed by atoms with Crippen molar-refractivity contribution < 1.29 is 9.13 Å². The van der Waals surface area contributed by atoms with Crippen LogP contribution in [-0.4, -0.2) is 11.6 Å². The zero-order chi connectivity index (χ0) is 22.2. The van der Waals surface area contributed by atoms with Crippen LogP contribution >= 0.6 is 0 Å². The molecule has 1 aromatic heterocycles. The summed E-state index contributed by atoms with van der Waals surface area (Å²) in [6.45, 7) is 4.81. The first kappa shape index (κ1) is 22.3. The molecule has 0 unspecified atom stereocenters. The maximum absolute atomic E-state index is 13.3. The molecule has 0 bridgehead atoms. The summed E-state index contributed by atoms with van der Waals surface area (Å²) >= 11 is 0. The largest absolute Gasteiger partial charge is 0.494 e. The summed E-state index contributed by atoms with van der Waals surface area (Å²) in [5.41, 5.74) is 10.3. The highest BCUT2D eigenvalue weighted by molar-refractivity contribution is 5.84. The summed E-state index contributed by atoms with van der Waals surface area (Å²) in [7, 11) is 0. The molecule has 0 aliphatic rings. The van der Waals surface area contributed by atoms with Crippen LogP contribution in [0.5, 0.6) is 5.75 Å². The SMILES string of the molecule is CCCCCCCOc1ccc(-c2c(C)c(-c3ccc(F)cc3)nc(N)c2C#N)cc1. The summed E-state index contributed by atoms with van der Waals surface area (Å²) in [6.07, 6.45) is 5.97. The molecule has 2 N–H and O–H groups in total. The maximum Gasteiger partial charge on any atom is 0.142 e. The third-order valence-electron chi connectivity index (χ3n) is 5.36. The van der Waals surface area contributed by atoms with Crippen LogP contribution in [0, 0.1) is 24.1 Å². The van der Waals surface area contributed by atoms with E-state index in [2.05, 4.69) is 18.0 Å². The molecule has 0 saturated heterocycles. The molecule has 1 heterocycles. The van der Waals surface area contributed by atoms with Crippen molar-refractivity contribution in [1.29, 1.82) is 5.26 Å². The average Bonchev–Trinajstić information content (AvgIpc) is 2.78. The van der Waals surface area contributed by atoms with E-state index in [0.717, 1.165) is 34.4 Å². The number of unbranched alkanes of at least 4 members (excludes halogenated alkanes) is 4. The predicted molar refractivity (Wildman–Crippen MR) is 123 cm³/mol. The van der Waals surface area contributed by atoms with E-state index in [1.165, 1.54) is 37.8 Å². The van der Waals surface area contributed by atoms with Gasteiger partial charge in [-0.05, 0) is 60.9 Å². The van der Waals surface area contributed by atoms with E-state index in [1.807, 2.05) is 31.2 Å². The van der Waals surface area contributed by atoms with E-state index >= 15 is 0 Å². The normalized spacial score (nSPS) is 10.6. The molecule has 3 aromatic rings. The van der Waals surface area contributed by atoms with E-state index in [9.17, 15) is 9.65 Å². The second-order valence-electron chi connectivity index (χ2n) is 7.63. The van der Waals surface area contributed by atoms with Gasteiger partial charge in [-0.1, -0.05) is 44.7 Å². The van der Waals surface area contributed by atoms with Crippen LogP contribution < -0.4 is 10.5 Å². The fourth-order valence-corrected chi connectivity index (χ4v) is 3.67. The lowest BCUT2D eigenvalue weighted by molar-refractivity contribution is 0.304. The monoisotopic (exact) mass is 417 g/mol. The number of nitrogens with two attached hydrogens (primary N) is 1. The first-order valence-corrected chi connectivity index (χ1v) is 10.7. The molecule has 160 valence electrons. The van der Waals surface area contributed by atoms with Crippen LogP contribution in [0.2, 0.25) is 0 Å². The van der Waals surface area contributed by atoms with E-state index in [-0.39, 0.29) is 11.6 Å². The van der Waals surface area contributed by atoms with Gasteiger partial charge in [0.25, 0.3) is 0 Å². The van der Waals surface area contributed by atoms with Gasteiger partial charge in [-0.15, -0.1) is 0 Å². The molecule has 2 aromatic carbocycles. The zero-order valence-electron chi connectivity index (χ0n) is 18.1. The topological polar surface area (TPSA) is 71.9 Å².